The molecule has 2 aliphatic rings. The van der Waals surface area contributed by atoms with Crippen molar-refractivity contribution in [2.24, 2.45) is 5.41 Å². The molecule has 21 heavy (non-hydrogen) atoms. The molecular weight excluding hydrogens is 270 g/mol. The van der Waals surface area contributed by atoms with Crippen LogP contribution in [0.15, 0.2) is 6.33 Å². The van der Waals surface area contributed by atoms with Crippen molar-refractivity contribution in [2.75, 3.05) is 26.2 Å². The molecule has 0 saturated carbocycles. The number of nitrogens with zero attached hydrogens (tertiary/aromatic N) is 4. The maximum Gasteiger partial charge on any atom is 0.291 e. The van der Waals surface area contributed by atoms with Gasteiger partial charge >= 0.3 is 0 Å². The van der Waals surface area contributed by atoms with E-state index in [-0.39, 0.29) is 23.1 Å². The van der Waals surface area contributed by atoms with Gasteiger partial charge in [-0.15, -0.1) is 0 Å². The van der Waals surface area contributed by atoms with Crippen LogP contribution in [0.2, 0.25) is 0 Å². The van der Waals surface area contributed by atoms with Gasteiger partial charge in [0.2, 0.25) is 11.7 Å². The number of carbonyl (C=O) groups excluding carboxylic acids is 2. The van der Waals surface area contributed by atoms with Crippen molar-refractivity contribution in [3.8, 4) is 0 Å². The van der Waals surface area contributed by atoms with Gasteiger partial charge in [-0.05, 0) is 25.7 Å². The Bertz CT molecular complexity index is 527. The van der Waals surface area contributed by atoms with E-state index in [1.54, 1.807) is 4.90 Å². The summed E-state index contributed by atoms with van der Waals surface area (Å²) in [5.74, 6) is 0.314. The number of piperidine rings is 1. The summed E-state index contributed by atoms with van der Waals surface area (Å²) in [5, 5.41) is 6.31. The number of hydrogen-bond donors (Lipinski definition) is 1. The molecular formula is C14H21N5O2. The predicted octanol–water partition coefficient (Wildman–Crippen LogP) is 0.669. The van der Waals surface area contributed by atoms with Crippen LogP contribution in [0.5, 0.6) is 0 Å². The first kappa shape index (κ1) is 14.0. The second-order valence-corrected chi connectivity index (χ2v) is 5.99. The van der Waals surface area contributed by atoms with Crippen LogP contribution in [0.3, 0.4) is 0 Å². The lowest BCUT2D eigenvalue weighted by Crippen LogP contribution is -2.50. The third-order valence-corrected chi connectivity index (χ3v) is 4.58. The number of carbonyl (C=O) groups is 2. The molecule has 1 spiro atoms. The van der Waals surface area contributed by atoms with Crippen LogP contribution in [-0.2, 0) is 4.79 Å². The monoisotopic (exact) mass is 291 g/mol. The minimum Gasteiger partial charge on any atom is -0.342 e. The average molecular weight is 291 g/mol. The van der Waals surface area contributed by atoms with E-state index in [0.717, 1.165) is 38.8 Å². The van der Waals surface area contributed by atoms with Crippen LogP contribution in [0.1, 0.15) is 43.2 Å². The van der Waals surface area contributed by atoms with Crippen molar-refractivity contribution in [3.05, 3.63) is 12.2 Å². The van der Waals surface area contributed by atoms with Gasteiger partial charge in [0, 0.05) is 26.2 Å². The number of likely N-dealkylation sites (tertiary alicyclic amines) is 2. The summed E-state index contributed by atoms with van der Waals surface area (Å²) in [6.45, 7) is 4.88. The number of H-pyrrole nitrogens is 1. The van der Waals surface area contributed by atoms with Crippen molar-refractivity contribution >= 4 is 11.8 Å². The van der Waals surface area contributed by atoms with Crippen molar-refractivity contribution < 1.29 is 9.59 Å². The van der Waals surface area contributed by atoms with Gasteiger partial charge in [-0.3, -0.25) is 14.7 Å². The van der Waals surface area contributed by atoms with Crippen LogP contribution in [0.25, 0.3) is 0 Å². The maximum atomic E-state index is 12.7. The molecule has 2 amide bonds. The Morgan fingerprint density at radius 1 is 1.43 bits per heavy atom. The van der Waals surface area contributed by atoms with Gasteiger partial charge in [0.25, 0.3) is 5.91 Å². The Morgan fingerprint density at radius 2 is 2.29 bits per heavy atom. The first-order chi connectivity index (χ1) is 10.2. The van der Waals surface area contributed by atoms with Crippen molar-refractivity contribution in [1.82, 2.24) is 25.0 Å². The molecule has 0 radical (unpaired) electrons. The highest BCUT2D eigenvalue weighted by molar-refractivity contribution is 5.92. The molecule has 1 atom stereocenters. The van der Waals surface area contributed by atoms with Crippen LogP contribution in [0.4, 0.5) is 0 Å². The van der Waals surface area contributed by atoms with Crippen molar-refractivity contribution in [2.45, 2.75) is 32.6 Å². The average Bonchev–Trinajstić information content (AvgIpc) is 3.14. The van der Waals surface area contributed by atoms with Crippen LogP contribution < -0.4 is 0 Å². The van der Waals surface area contributed by atoms with Crippen LogP contribution >= 0.6 is 0 Å². The largest absolute Gasteiger partial charge is 0.342 e. The van der Waals surface area contributed by atoms with Crippen LogP contribution in [0, 0.1) is 5.41 Å². The zero-order valence-electron chi connectivity index (χ0n) is 12.3. The van der Waals surface area contributed by atoms with Gasteiger partial charge < -0.3 is 9.80 Å². The van der Waals surface area contributed by atoms with Gasteiger partial charge in [-0.2, -0.15) is 5.10 Å². The SMILES string of the molecule is CCCN1CCCC2(CCN(C(=O)c3ncn[nH]3)C2)C1=O. The molecule has 1 aromatic heterocycles. The van der Waals surface area contributed by atoms with Crippen LogP contribution in [-0.4, -0.2) is 63.0 Å². The van der Waals surface area contributed by atoms with Crippen molar-refractivity contribution in [3.63, 3.8) is 0 Å². The Labute approximate surface area is 123 Å². The molecule has 2 fully saturated rings. The first-order valence-electron chi connectivity index (χ1n) is 7.60. The molecule has 1 N–H and O–H groups in total. The fourth-order valence-electron chi connectivity index (χ4n) is 3.52. The highest BCUT2D eigenvalue weighted by Gasteiger charge is 2.49. The summed E-state index contributed by atoms with van der Waals surface area (Å²) in [5.41, 5.74) is -0.372. The summed E-state index contributed by atoms with van der Waals surface area (Å²) < 4.78 is 0. The highest BCUT2D eigenvalue weighted by Crippen LogP contribution is 2.40. The fraction of sp³-hybridized carbons (Fsp3) is 0.714. The summed E-state index contributed by atoms with van der Waals surface area (Å²) in [7, 11) is 0. The lowest BCUT2D eigenvalue weighted by Gasteiger charge is -2.39. The predicted molar refractivity (Wildman–Crippen MR) is 75.4 cm³/mol. The second kappa shape index (κ2) is 5.46. The van der Waals surface area contributed by atoms with E-state index in [0.29, 0.717) is 13.1 Å². The zero-order chi connectivity index (χ0) is 14.9. The normalized spacial score (nSPS) is 25.9. The summed E-state index contributed by atoms with van der Waals surface area (Å²) >= 11 is 0. The smallest absolute Gasteiger partial charge is 0.291 e. The molecule has 3 heterocycles. The van der Waals surface area contributed by atoms with E-state index in [9.17, 15) is 9.59 Å². The van der Waals surface area contributed by atoms with E-state index in [2.05, 4.69) is 22.1 Å². The standard InChI is InChI=1S/C14H21N5O2/c1-2-6-18-7-3-4-14(13(18)21)5-8-19(9-14)12(20)11-15-10-16-17-11/h10H,2-9H2,1H3,(H,15,16,17). The molecule has 3 rings (SSSR count). The molecule has 0 aromatic carbocycles. The lowest BCUT2D eigenvalue weighted by atomic mass is 9.78. The zero-order valence-corrected chi connectivity index (χ0v) is 12.3. The van der Waals surface area contributed by atoms with Gasteiger partial charge in [-0.25, -0.2) is 4.98 Å². The topological polar surface area (TPSA) is 82.2 Å². The van der Waals surface area contributed by atoms with Gasteiger partial charge in [0.1, 0.15) is 6.33 Å². The Hall–Kier alpha value is -1.92. The summed E-state index contributed by atoms with van der Waals surface area (Å²) in [6.07, 6.45) is 4.96. The van der Waals surface area contributed by atoms with E-state index in [1.165, 1.54) is 6.33 Å². The molecule has 7 heteroatoms. The van der Waals surface area contributed by atoms with Gasteiger partial charge in [0.05, 0.1) is 5.41 Å². The molecule has 114 valence electrons. The number of hydrogen-bond acceptors (Lipinski definition) is 4. The molecule has 2 saturated heterocycles. The number of rotatable bonds is 3. The Morgan fingerprint density at radius 3 is 3.00 bits per heavy atom. The molecule has 2 aliphatic heterocycles. The first-order valence-corrected chi connectivity index (χ1v) is 7.60. The third kappa shape index (κ3) is 2.41. The van der Waals surface area contributed by atoms with Gasteiger partial charge in [0.15, 0.2) is 0 Å². The third-order valence-electron chi connectivity index (χ3n) is 4.58. The van der Waals surface area contributed by atoms with E-state index >= 15 is 0 Å². The number of aromatic nitrogens is 3. The minimum atomic E-state index is -0.372. The number of amides is 2. The molecule has 1 aromatic rings. The molecule has 7 nitrogen and oxygen atoms in total. The lowest BCUT2D eigenvalue weighted by molar-refractivity contribution is -0.145. The van der Waals surface area contributed by atoms with Crippen molar-refractivity contribution in [1.29, 1.82) is 0 Å². The Kier molecular flexibility index (Phi) is 3.65. The van der Waals surface area contributed by atoms with E-state index in [4.69, 9.17) is 0 Å². The van der Waals surface area contributed by atoms with E-state index in [1.807, 2.05) is 4.90 Å². The molecule has 1 unspecified atom stereocenters. The second-order valence-electron chi connectivity index (χ2n) is 5.99. The Balaban J connectivity index is 1.73. The number of nitrogens with one attached hydrogen (secondary N) is 1. The molecule has 0 bridgehead atoms. The van der Waals surface area contributed by atoms with Gasteiger partial charge in [-0.1, -0.05) is 6.92 Å². The fourth-order valence-corrected chi connectivity index (χ4v) is 3.52. The quantitative estimate of drug-likeness (QED) is 0.887. The summed E-state index contributed by atoms with van der Waals surface area (Å²) in [4.78, 5) is 32.7. The highest BCUT2D eigenvalue weighted by atomic mass is 16.2. The summed E-state index contributed by atoms with van der Waals surface area (Å²) in [6, 6.07) is 0. The number of aromatic amines is 1. The molecule has 0 aliphatic carbocycles. The maximum absolute atomic E-state index is 12.7. The minimum absolute atomic E-state index is 0.162. The van der Waals surface area contributed by atoms with E-state index < -0.39 is 0 Å².